The zero-order valence-electron chi connectivity index (χ0n) is 13.5. The average molecular weight is 362 g/mol. The summed E-state index contributed by atoms with van der Waals surface area (Å²) in [6, 6.07) is 7.35. The molecule has 0 bridgehead atoms. The summed E-state index contributed by atoms with van der Waals surface area (Å²) in [6.45, 7) is 5.72. The summed E-state index contributed by atoms with van der Waals surface area (Å²) < 4.78 is 1.67. The fourth-order valence-corrected chi connectivity index (χ4v) is 3.06. The van der Waals surface area contributed by atoms with Gasteiger partial charge in [-0.1, -0.05) is 29.4 Å². The highest BCUT2D eigenvalue weighted by Gasteiger charge is 2.12. The molecule has 0 aliphatic heterocycles. The minimum Gasteiger partial charge on any atom is -0.325 e. The largest absolute Gasteiger partial charge is 0.325 e. The number of aromatic nitrogens is 4. The van der Waals surface area contributed by atoms with Gasteiger partial charge in [-0.15, -0.1) is 5.10 Å². The van der Waals surface area contributed by atoms with Gasteiger partial charge in [0.1, 0.15) is 0 Å². The van der Waals surface area contributed by atoms with E-state index in [-0.39, 0.29) is 11.7 Å². The Morgan fingerprint density at radius 2 is 2.08 bits per heavy atom. The Labute approximate surface area is 148 Å². The van der Waals surface area contributed by atoms with E-state index in [2.05, 4.69) is 20.4 Å². The maximum atomic E-state index is 12.1. The molecule has 0 radical (unpaired) electrons. The standard InChI is InChI=1S/C16H16ClN5OS/c1-9-7-10(2)22-15(18-9)20-16(21-22)24-8-14(23)19-13-6-4-5-12(17)11(13)3/h4-7H,8H2,1-3H3,(H,19,23). The van der Waals surface area contributed by atoms with E-state index in [0.717, 1.165) is 17.0 Å². The number of nitrogens with one attached hydrogen (secondary N) is 1. The molecule has 0 unspecified atom stereocenters. The second kappa shape index (κ2) is 6.78. The van der Waals surface area contributed by atoms with Crippen molar-refractivity contribution in [3.05, 3.63) is 46.2 Å². The van der Waals surface area contributed by atoms with Gasteiger partial charge in [-0.3, -0.25) is 4.79 Å². The van der Waals surface area contributed by atoms with E-state index in [1.54, 1.807) is 16.6 Å². The first-order chi connectivity index (χ1) is 11.4. The summed E-state index contributed by atoms with van der Waals surface area (Å²) in [5.74, 6) is 0.618. The molecule has 0 saturated carbocycles. The van der Waals surface area contributed by atoms with Crippen LogP contribution in [0.3, 0.4) is 0 Å². The van der Waals surface area contributed by atoms with Crippen LogP contribution in [0.4, 0.5) is 5.69 Å². The van der Waals surface area contributed by atoms with Crippen LogP contribution < -0.4 is 5.32 Å². The van der Waals surface area contributed by atoms with E-state index in [4.69, 9.17) is 11.6 Å². The molecule has 2 heterocycles. The van der Waals surface area contributed by atoms with Crippen LogP contribution in [0.5, 0.6) is 0 Å². The van der Waals surface area contributed by atoms with Crippen molar-refractivity contribution in [2.24, 2.45) is 0 Å². The van der Waals surface area contributed by atoms with Crippen molar-refractivity contribution in [1.82, 2.24) is 19.6 Å². The topological polar surface area (TPSA) is 72.2 Å². The molecule has 0 atom stereocenters. The van der Waals surface area contributed by atoms with Gasteiger partial charge in [0.15, 0.2) is 0 Å². The van der Waals surface area contributed by atoms with Crippen molar-refractivity contribution in [2.45, 2.75) is 25.9 Å². The zero-order chi connectivity index (χ0) is 17.3. The van der Waals surface area contributed by atoms with E-state index in [1.807, 2.05) is 32.9 Å². The number of halogens is 1. The highest BCUT2D eigenvalue weighted by Crippen LogP contribution is 2.23. The maximum absolute atomic E-state index is 12.1. The van der Waals surface area contributed by atoms with Crippen molar-refractivity contribution in [2.75, 3.05) is 11.1 Å². The number of hydrogen-bond donors (Lipinski definition) is 1. The number of thioether (sulfide) groups is 1. The lowest BCUT2D eigenvalue weighted by atomic mass is 10.2. The van der Waals surface area contributed by atoms with Gasteiger partial charge >= 0.3 is 0 Å². The molecule has 0 saturated heterocycles. The van der Waals surface area contributed by atoms with E-state index >= 15 is 0 Å². The van der Waals surface area contributed by atoms with Crippen molar-refractivity contribution in [3.8, 4) is 0 Å². The zero-order valence-corrected chi connectivity index (χ0v) is 15.1. The van der Waals surface area contributed by atoms with Crippen LogP contribution in [0, 0.1) is 20.8 Å². The van der Waals surface area contributed by atoms with Gasteiger partial charge in [-0.2, -0.15) is 4.98 Å². The van der Waals surface area contributed by atoms with Gasteiger partial charge in [0.05, 0.1) is 5.75 Å². The van der Waals surface area contributed by atoms with Crippen LogP contribution >= 0.6 is 23.4 Å². The molecule has 0 aliphatic carbocycles. The Kier molecular flexibility index (Phi) is 4.73. The fourth-order valence-electron chi connectivity index (χ4n) is 2.27. The number of aryl methyl sites for hydroxylation is 2. The molecule has 3 rings (SSSR count). The Bertz CT molecular complexity index is 924. The van der Waals surface area contributed by atoms with Gasteiger partial charge in [-0.05, 0) is 44.5 Å². The summed E-state index contributed by atoms with van der Waals surface area (Å²) in [5.41, 5.74) is 3.40. The minimum atomic E-state index is -0.134. The molecule has 1 aromatic carbocycles. The predicted molar refractivity (Wildman–Crippen MR) is 95.8 cm³/mol. The predicted octanol–water partition coefficient (Wildman–Crippen LogP) is 3.43. The molecule has 2 aromatic heterocycles. The Balaban J connectivity index is 1.68. The monoisotopic (exact) mass is 361 g/mol. The second-order valence-corrected chi connectivity index (χ2v) is 6.74. The van der Waals surface area contributed by atoms with E-state index < -0.39 is 0 Å². The molecule has 3 aromatic rings. The molecule has 124 valence electrons. The first kappa shape index (κ1) is 16.7. The number of benzene rings is 1. The number of nitrogens with zero attached hydrogens (tertiary/aromatic N) is 4. The summed E-state index contributed by atoms with van der Waals surface area (Å²) >= 11 is 7.33. The van der Waals surface area contributed by atoms with Crippen molar-refractivity contribution < 1.29 is 4.79 Å². The molecule has 1 amide bonds. The normalized spacial score (nSPS) is 11.0. The molecular weight excluding hydrogens is 346 g/mol. The van der Waals surface area contributed by atoms with Crippen LogP contribution in [0.1, 0.15) is 17.0 Å². The van der Waals surface area contributed by atoms with Crippen LogP contribution in [0.15, 0.2) is 29.4 Å². The van der Waals surface area contributed by atoms with Crippen molar-refractivity contribution >= 4 is 40.7 Å². The summed E-state index contributed by atoms with van der Waals surface area (Å²) in [6.07, 6.45) is 0. The number of fused-ring (bicyclic) bond motifs is 1. The van der Waals surface area contributed by atoms with Gasteiger partial charge in [0.2, 0.25) is 11.1 Å². The second-order valence-electron chi connectivity index (χ2n) is 5.39. The number of carbonyl (C=O) groups is 1. The van der Waals surface area contributed by atoms with Crippen LogP contribution in [-0.4, -0.2) is 31.2 Å². The minimum absolute atomic E-state index is 0.134. The molecule has 0 spiro atoms. The summed E-state index contributed by atoms with van der Waals surface area (Å²) in [4.78, 5) is 20.8. The van der Waals surface area contributed by atoms with Gasteiger partial charge < -0.3 is 5.32 Å². The summed E-state index contributed by atoms with van der Waals surface area (Å²) in [5, 5.41) is 8.37. The number of amides is 1. The third kappa shape index (κ3) is 3.52. The lowest BCUT2D eigenvalue weighted by molar-refractivity contribution is -0.113. The average Bonchev–Trinajstić information content (AvgIpc) is 2.93. The quantitative estimate of drug-likeness (QED) is 0.721. The SMILES string of the molecule is Cc1cc(C)n2nc(SCC(=O)Nc3cccc(Cl)c3C)nc2n1. The fraction of sp³-hybridized carbons (Fsp3) is 0.250. The maximum Gasteiger partial charge on any atom is 0.253 e. The Morgan fingerprint density at radius 3 is 2.88 bits per heavy atom. The number of carbonyl (C=O) groups excluding carboxylic acids is 1. The van der Waals surface area contributed by atoms with Crippen LogP contribution in [0.2, 0.25) is 5.02 Å². The number of hydrogen-bond acceptors (Lipinski definition) is 5. The lowest BCUT2D eigenvalue weighted by Gasteiger charge is -2.08. The van der Waals surface area contributed by atoms with Gasteiger partial charge in [0.25, 0.3) is 5.78 Å². The molecule has 1 N–H and O–H groups in total. The summed E-state index contributed by atoms with van der Waals surface area (Å²) in [7, 11) is 0. The molecule has 8 heteroatoms. The molecular formula is C16H16ClN5OS. The first-order valence-corrected chi connectivity index (χ1v) is 8.69. The van der Waals surface area contributed by atoms with E-state index in [9.17, 15) is 4.79 Å². The van der Waals surface area contributed by atoms with Crippen LogP contribution in [-0.2, 0) is 4.79 Å². The molecule has 0 fully saturated rings. The Hall–Kier alpha value is -2.12. The van der Waals surface area contributed by atoms with Gasteiger partial charge in [-0.25, -0.2) is 9.50 Å². The van der Waals surface area contributed by atoms with Crippen molar-refractivity contribution in [1.29, 1.82) is 0 Å². The third-order valence-corrected chi connectivity index (χ3v) is 4.72. The van der Waals surface area contributed by atoms with Crippen molar-refractivity contribution in [3.63, 3.8) is 0 Å². The van der Waals surface area contributed by atoms with Gasteiger partial charge in [0, 0.05) is 22.1 Å². The van der Waals surface area contributed by atoms with E-state index in [1.165, 1.54) is 11.8 Å². The third-order valence-electron chi connectivity index (χ3n) is 3.47. The first-order valence-electron chi connectivity index (χ1n) is 7.33. The number of rotatable bonds is 4. The molecule has 0 aliphatic rings. The molecule has 24 heavy (non-hydrogen) atoms. The highest BCUT2D eigenvalue weighted by molar-refractivity contribution is 7.99. The Morgan fingerprint density at radius 1 is 1.29 bits per heavy atom. The lowest BCUT2D eigenvalue weighted by Crippen LogP contribution is -2.15. The van der Waals surface area contributed by atoms with Crippen LogP contribution in [0.25, 0.3) is 5.78 Å². The molecule has 6 nitrogen and oxygen atoms in total. The smallest absolute Gasteiger partial charge is 0.253 e. The number of anilines is 1. The van der Waals surface area contributed by atoms with E-state index in [0.29, 0.717) is 21.6 Å². The highest BCUT2D eigenvalue weighted by atomic mass is 35.5.